The van der Waals surface area contributed by atoms with Crippen molar-refractivity contribution in [3.8, 4) is 11.3 Å². The van der Waals surface area contributed by atoms with Gasteiger partial charge < -0.3 is 9.84 Å². The maximum Gasteiger partial charge on any atom is 0.410 e. The molecule has 1 saturated heterocycles. The van der Waals surface area contributed by atoms with E-state index in [4.69, 9.17) is 9.72 Å². The molecular formula is C20H24N2O4S. The molecule has 7 heteroatoms. The van der Waals surface area contributed by atoms with E-state index in [9.17, 15) is 14.7 Å². The summed E-state index contributed by atoms with van der Waals surface area (Å²) in [5.74, 6) is -0.962. The van der Waals surface area contributed by atoms with Crippen LogP contribution in [0.25, 0.3) is 11.3 Å². The predicted molar refractivity (Wildman–Crippen MR) is 104 cm³/mol. The van der Waals surface area contributed by atoms with Gasteiger partial charge in [0.1, 0.15) is 10.6 Å². The van der Waals surface area contributed by atoms with Gasteiger partial charge in [-0.25, -0.2) is 14.6 Å². The Morgan fingerprint density at radius 3 is 2.78 bits per heavy atom. The zero-order valence-corrected chi connectivity index (χ0v) is 16.6. The quantitative estimate of drug-likeness (QED) is 0.803. The second-order valence-corrected chi connectivity index (χ2v) is 8.53. The summed E-state index contributed by atoms with van der Waals surface area (Å²) in [7, 11) is 0. The van der Waals surface area contributed by atoms with Crippen molar-refractivity contribution in [3.63, 3.8) is 0 Å². The number of hydrogen-bond donors (Lipinski definition) is 1. The first-order chi connectivity index (χ1) is 12.7. The summed E-state index contributed by atoms with van der Waals surface area (Å²) in [5.41, 5.74) is 1.18. The van der Waals surface area contributed by atoms with Crippen LogP contribution in [-0.4, -0.2) is 39.2 Å². The number of carboxylic acids is 1. The Morgan fingerprint density at radius 2 is 2.07 bits per heavy atom. The van der Waals surface area contributed by atoms with Crippen molar-refractivity contribution in [2.45, 2.75) is 51.7 Å². The van der Waals surface area contributed by atoms with E-state index in [1.165, 1.54) is 11.3 Å². The molecule has 144 valence electrons. The highest BCUT2D eigenvalue weighted by molar-refractivity contribution is 7.10. The normalized spacial score (nSPS) is 17.6. The summed E-state index contributed by atoms with van der Waals surface area (Å²) in [6.45, 7) is 6.24. The first-order valence-corrected chi connectivity index (χ1v) is 9.91. The number of rotatable bonds is 3. The fourth-order valence-corrected chi connectivity index (χ4v) is 4.09. The molecule has 1 amide bonds. The van der Waals surface area contributed by atoms with Crippen molar-refractivity contribution in [2.75, 3.05) is 6.54 Å². The molecule has 0 saturated carbocycles. The lowest BCUT2D eigenvalue weighted by molar-refractivity contribution is 0.00948. The Hall–Kier alpha value is -2.41. The SMILES string of the molecule is CC(C)(C)OC(=O)N1CCCCC1c1nc(-c2cccc(C(=O)O)c2)cs1. The van der Waals surface area contributed by atoms with E-state index in [1.54, 1.807) is 23.1 Å². The second-order valence-electron chi connectivity index (χ2n) is 7.64. The van der Waals surface area contributed by atoms with Gasteiger partial charge in [0.15, 0.2) is 0 Å². The molecule has 1 aliphatic rings. The van der Waals surface area contributed by atoms with Crippen molar-refractivity contribution >= 4 is 23.4 Å². The molecule has 6 nitrogen and oxygen atoms in total. The van der Waals surface area contributed by atoms with Crippen LogP contribution < -0.4 is 0 Å². The number of ether oxygens (including phenoxy) is 1. The number of aromatic nitrogens is 1. The highest BCUT2D eigenvalue weighted by Gasteiger charge is 2.33. The molecule has 2 aromatic rings. The average molecular weight is 388 g/mol. The zero-order valence-electron chi connectivity index (χ0n) is 15.8. The number of piperidine rings is 1. The number of likely N-dealkylation sites (tertiary alicyclic amines) is 1. The Kier molecular flexibility index (Phi) is 5.51. The van der Waals surface area contributed by atoms with E-state index >= 15 is 0 Å². The topological polar surface area (TPSA) is 79.7 Å². The Bertz CT molecular complexity index is 841. The molecule has 2 heterocycles. The average Bonchev–Trinajstić information content (AvgIpc) is 3.10. The summed E-state index contributed by atoms with van der Waals surface area (Å²) in [4.78, 5) is 30.3. The molecule has 1 unspecified atom stereocenters. The largest absolute Gasteiger partial charge is 0.478 e. The third-order valence-electron chi connectivity index (χ3n) is 4.34. The highest BCUT2D eigenvalue weighted by atomic mass is 32.1. The highest BCUT2D eigenvalue weighted by Crippen LogP contribution is 2.35. The molecule has 1 aliphatic heterocycles. The van der Waals surface area contributed by atoms with Crippen molar-refractivity contribution in [3.05, 3.63) is 40.2 Å². The summed E-state index contributed by atoms with van der Waals surface area (Å²) in [6.07, 6.45) is 2.53. The van der Waals surface area contributed by atoms with E-state index in [0.29, 0.717) is 6.54 Å². The number of nitrogens with zero attached hydrogens (tertiary/aromatic N) is 2. The molecule has 1 fully saturated rings. The lowest BCUT2D eigenvalue weighted by atomic mass is 10.0. The minimum atomic E-state index is -0.962. The van der Waals surface area contributed by atoms with Gasteiger partial charge in [-0.05, 0) is 52.2 Å². The lowest BCUT2D eigenvalue weighted by Crippen LogP contribution is -2.41. The molecule has 0 radical (unpaired) electrons. The fourth-order valence-electron chi connectivity index (χ4n) is 3.11. The number of amides is 1. The van der Waals surface area contributed by atoms with E-state index in [-0.39, 0.29) is 17.7 Å². The molecular weight excluding hydrogens is 364 g/mol. The van der Waals surface area contributed by atoms with E-state index in [1.807, 2.05) is 32.2 Å². The zero-order chi connectivity index (χ0) is 19.6. The summed E-state index contributed by atoms with van der Waals surface area (Å²) < 4.78 is 5.56. The summed E-state index contributed by atoms with van der Waals surface area (Å²) >= 11 is 1.50. The standard InChI is InChI=1S/C20H24N2O4S/c1-20(2,3)26-19(25)22-10-5-4-9-16(22)17-21-15(12-27-17)13-7-6-8-14(11-13)18(23)24/h6-8,11-12,16H,4-5,9-10H2,1-3H3,(H,23,24). The molecule has 0 spiro atoms. The van der Waals surface area contributed by atoms with Gasteiger partial charge in [-0.15, -0.1) is 11.3 Å². The van der Waals surface area contributed by atoms with Crippen LogP contribution in [0, 0.1) is 0 Å². The number of aromatic carboxylic acids is 1. The molecule has 3 rings (SSSR count). The number of benzene rings is 1. The molecule has 1 N–H and O–H groups in total. The van der Waals surface area contributed by atoms with E-state index in [2.05, 4.69) is 0 Å². The number of hydrogen-bond acceptors (Lipinski definition) is 5. The minimum absolute atomic E-state index is 0.102. The van der Waals surface area contributed by atoms with Gasteiger partial charge in [0.2, 0.25) is 0 Å². The number of thiazole rings is 1. The summed E-state index contributed by atoms with van der Waals surface area (Å²) in [5, 5.41) is 12.0. The van der Waals surface area contributed by atoms with Gasteiger partial charge in [0, 0.05) is 17.5 Å². The predicted octanol–water partition coefficient (Wildman–Crippen LogP) is 4.97. The van der Waals surface area contributed by atoms with E-state index in [0.717, 1.165) is 35.5 Å². The molecule has 1 aromatic carbocycles. The van der Waals surface area contributed by atoms with Crippen molar-refractivity contribution in [2.24, 2.45) is 0 Å². The van der Waals surface area contributed by atoms with Crippen LogP contribution in [0.2, 0.25) is 0 Å². The number of carboxylic acid groups (broad SMARTS) is 1. The van der Waals surface area contributed by atoms with E-state index < -0.39 is 11.6 Å². The maximum atomic E-state index is 12.6. The van der Waals surface area contributed by atoms with Crippen LogP contribution in [0.15, 0.2) is 29.6 Å². The van der Waals surface area contributed by atoms with Crippen LogP contribution in [-0.2, 0) is 4.74 Å². The van der Waals surface area contributed by atoms with Crippen LogP contribution in [0.5, 0.6) is 0 Å². The fraction of sp³-hybridized carbons (Fsp3) is 0.450. The maximum absolute atomic E-state index is 12.6. The van der Waals surface area contributed by atoms with Gasteiger partial charge >= 0.3 is 12.1 Å². The Labute approximate surface area is 162 Å². The third-order valence-corrected chi connectivity index (χ3v) is 5.29. The van der Waals surface area contributed by atoms with Crippen molar-refractivity contribution in [1.82, 2.24) is 9.88 Å². The van der Waals surface area contributed by atoms with Crippen LogP contribution in [0.3, 0.4) is 0 Å². The molecule has 1 aromatic heterocycles. The first-order valence-electron chi connectivity index (χ1n) is 9.03. The van der Waals surface area contributed by atoms with Crippen molar-refractivity contribution < 1.29 is 19.4 Å². The number of carbonyl (C=O) groups excluding carboxylic acids is 1. The lowest BCUT2D eigenvalue weighted by Gasteiger charge is -2.35. The van der Waals surface area contributed by atoms with Gasteiger partial charge in [0.25, 0.3) is 0 Å². The van der Waals surface area contributed by atoms with Gasteiger partial charge in [-0.3, -0.25) is 4.90 Å². The number of carbonyl (C=O) groups is 2. The Morgan fingerprint density at radius 1 is 1.30 bits per heavy atom. The molecule has 27 heavy (non-hydrogen) atoms. The van der Waals surface area contributed by atoms with Crippen molar-refractivity contribution in [1.29, 1.82) is 0 Å². The minimum Gasteiger partial charge on any atom is -0.478 e. The van der Waals surface area contributed by atoms with Gasteiger partial charge in [-0.2, -0.15) is 0 Å². The van der Waals surface area contributed by atoms with Crippen LogP contribution in [0.1, 0.15) is 61.4 Å². The third kappa shape index (κ3) is 4.66. The monoisotopic (exact) mass is 388 g/mol. The molecule has 1 atom stereocenters. The Balaban J connectivity index is 1.84. The molecule has 0 bridgehead atoms. The van der Waals surface area contributed by atoms with Gasteiger partial charge in [0.05, 0.1) is 17.3 Å². The summed E-state index contributed by atoms with van der Waals surface area (Å²) in [6, 6.07) is 6.64. The van der Waals surface area contributed by atoms with Crippen LogP contribution in [0.4, 0.5) is 4.79 Å². The van der Waals surface area contributed by atoms with Gasteiger partial charge in [-0.1, -0.05) is 12.1 Å². The first kappa shape index (κ1) is 19.4. The second kappa shape index (κ2) is 7.68. The van der Waals surface area contributed by atoms with Crippen LogP contribution >= 0.6 is 11.3 Å². The molecule has 0 aliphatic carbocycles. The smallest absolute Gasteiger partial charge is 0.410 e.